The average molecular weight is 893 g/mol. The Kier molecular flexibility index (Phi) is 35.2. The van der Waals surface area contributed by atoms with Gasteiger partial charge in [-0.25, -0.2) is 4.79 Å². The minimum Gasteiger partial charge on any atom is -0.469 e. The summed E-state index contributed by atoms with van der Waals surface area (Å²) in [5.74, 6) is -3.04. The molecule has 1 unspecified atom stereocenters. The normalized spacial score (nSPS) is 11.4. The van der Waals surface area contributed by atoms with E-state index in [0.29, 0.717) is 13.0 Å². The summed E-state index contributed by atoms with van der Waals surface area (Å²) < 4.78 is 39.7. The number of methoxy groups -OCH3 is 1. The topological polar surface area (TPSA) is 231 Å². The predicted molar refractivity (Wildman–Crippen MR) is 231 cm³/mol. The van der Waals surface area contributed by atoms with Gasteiger partial charge in [-0.15, -0.1) is 0 Å². The van der Waals surface area contributed by atoms with Gasteiger partial charge in [-0.3, -0.25) is 33.6 Å². The van der Waals surface area contributed by atoms with Gasteiger partial charge in [0.15, 0.2) is 0 Å². The van der Waals surface area contributed by atoms with Crippen molar-refractivity contribution in [2.75, 3.05) is 53.4 Å². The van der Waals surface area contributed by atoms with Crippen LogP contribution in [0.3, 0.4) is 0 Å². The summed E-state index contributed by atoms with van der Waals surface area (Å²) in [5, 5.41) is 9.48. The van der Waals surface area contributed by atoms with E-state index >= 15 is 0 Å². The standard InChI is InChI=1S/C17H28O8.C13H22O5.C8H16O2.C7H14O2/c1-5-13(18)22-9-17(10-23-14(19)6-2,11-24-15(20)7-3)12-25-16(21)8-4;1-6-13(4,5)12(16)18-8-10(14)7-17-11(15)9(2)3;1-5-8(3,4)7(9)10-6-2;1-5-7(2,3)6(8)9-4/h5-12H2,1-4H3;10,14H,2,6-8H2,1,3-5H3;5-6H2,1-4H3;5H2,1-4H3. The first-order valence-electron chi connectivity index (χ1n) is 21.2. The monoisotopic (exact) mass is 893 g/mol. The number of carbonyl (C=O) groups excluding carboxylic acids is 8. The van der Waals surface area contributed by atoms with Crippen LogP contribution in [0.5, 0.6) is 0 Å². The molecule has 62 heavy (non-hydrogen) atoms. The summed E-state index contributed by atoms with van der Waals surface area (Å²) in [7, 11) is 1.42. The molecule has 0 aliphatic carbocycles. The quantitative estimate of drug-likeness (QED) is 0.0595. The van der Waals surface area contributed by atoms with Crippen LogP contribution < -0.4 is 0 Å². The predicted octanol–water partition coefficient (Wildman–Crippen LogP) is 6.81. The molecule has 0 spiro atoms. The molecule has 1 N–H and O–H groups in total. The SMILES string of the molecule is C=C(C)C(=O)OCC(O)COC(=O)C(C)(C)CC.CCC(=O)OCC(COC(=O)CC)(COC(=O)CC)COC(=O)CC.CCC(C)(C)C(=O)OC.CCOC(=O)C(C)(C)CC. The van der Waals surface area contributed by atoms with Crippen molar-refractivity contribution >= 4 is 47.8 Å². The van der Waals surface area contributed by atoms with Crippen LogP contribution in [0.2, 0.25) is 0 Å². The number of esters is 8. The number of rotatable bonds is 24. The molecule has 0 saturated heterocycles. The van der Waals surface area contributed by atoms with E-state index in [2.05, 4.69) is 11.3 Å². The molecule has 0 aromatic carbocycles. The van der Waals surface area contributed by atoms with Gasteiger partial charge in [0.2, 0.25) is 0 Å². The number of hydrogen-bond acceptors (Lipinski definition) is 17. The highest BCUT2D eigenvalue weighted by Crippen LogP contribution is 2.24. The van der Waals surface area contributed by atoms with Gasteiger partial charge in [0.05, 0.1) is 30.0 Å². The lowest BCUT2D eigenvalue weighted by molar-refractivity contribution is -0.170. The molecule has 0 amide bonds. The molecule has 0 bridgehead atoms. The van der Waals surface area contributed by atoms with Crippen LogP contribution in [-0.4, -0.2) is 112 Å². The Morgan fingerprint density at radius 1 is 0.484 bits per heavy atom. The van der Waals surface area contributed by atoms with Gasteiger partial charge in [-0.05, 0) is 74.7 Å². The Morgan fingerprint density at radius 3 is 1.02 bits per heavy atom. The van der Waals surface area contributed by atoms with E-state index in [1.165, 1.54) is 14.0 Å². The van der Waals surface area contributed by atoms with Crippen LogP contribution in [0.25, 0.3) is 0 Å². The Morgan fingerprint density at radius 2 is 0.774 bits per heavy atom. The van der Waals surface area contributed by atoms with Crippen LogP contribution in [0.15, 0.2) is 12.2 Å². The van der Waals surface area contributed by atoms with Crippen molar-refractivity contribution in [2.45, 2.75) is 155 Å². The molecule has 17 heteroatoms. The first-order valence-corrected chi connectivity index (χ1v) is 21.2. The van der Waals surface area contributed by atoms with Crippen molar-refractivity contribution in [1.29, 1.82) is 0 Å². The average Bonchev–Trinajstić information content (AvgIpc) is 3.26. The van der Waals surface area contributed by atoms with E-state index in [1.807, 2.05) is 55.4 Å². The van der Waals surface area contributed by atoms with Gasteiger partial charge in [0.1, 0.15) is 51.2 Å². The molecule has 0 heterocycles. The molecule has 0 aromatic heterocycles. The zero-order valence-corrected chi connectivity index (χ0v) is 40.7. The zero-order chi connectivity index (χ0) is 49.3. The summed E-state index contributed by atoms with van der Waals surface area (Å²) in [4.78, 5) is 90.5. The lowest BCUT2D eigenvalue weighted by atomic mass is 9.91. The minimum atomic E-state index is -1.15. The molecule has 362 valence electrons. The van der Waals surface area contributed by atoms with Gasteiger partial charge in [0.25, 0.3) is 0 Å². The highest BCUT2D eigenvalue weighted by molar-refractivity contribution is 5.87. The number of aliphatic hydroxyl groups excluding tert-OH is 1. The first kappa shape index (κ1) is 64.1. The molecule has 0 fully saturated rings. The summed E-state index contributed by atoms with van der Waals surface area (Å²) in [5.41, 5.74) is -2.09. The van der Waals surface area contributed by atoms with Crippen molar-refractivity contribution in [1.82, 2.24) is 0 Å². The molecule has 0 aromatic rings. The molecular weight excluding hydrogens is 812 g/mol. The molecule has 0 radical (unpaired) electrons. The minimum absolute atomic E-state index is 0.0995. The molecule has 1 atom stereocenters. The maximum atomic E-state index is 11.6. The maximum absolute atomic E-state index is 11.6. The molecule has 17 nitrogen and oxygen atoms in total. The maximum Gasteiger partial charge on any atom is 0.333 e. The van der Waals surface area contributed by atoms with Crippen molar-refractivity contribution < 1.29 is 81.4 Å². The van der Waals surface area contributed by atoms with Crippen LogP contribution >= 0.6 is 0 Å². The van der Waals surface area contributed by atoms with E-state index in [-0.39, 0.29) is 99.6 Å². The van der Waals surface area contributed by atoms with Gasteiger partial charge < -0.3 is 43.0 Å². The van der Waals surface area contributed by atoms with E-state index in [1.54, 1.807) is 41.5 Å². The Bertz CT molecular complexity index is 1290. The fraction of sp³-hybridized carbons (Fsp3) is 0.778. The van der Waals surface area contributed by atoms with Gasteiger partial charge in [0, 0.05) is 31.3 Å². The first-order chi connectivity index (χ1) is 28.6. The third-order valence-electron chi connectivity index (χ3n) is 9.24. The summed E-state index contributed by atoms with van der Waals surface area (Å²) in [6, 6.07) is 0. The van der Waals surface area contributed by atoms with Gasteiger partial charge >= 0.3 is 47.8 Å². The van der Waals surface area contributed by atoms with Crippen LogP contribution in [0, 0.1) is 21.7 Å². The third-order valence-corrected chi connectivity index (χ3v) is 9.24. The van der Waals surface area contributed by atoms with Crippen molar-refractivity contribution in [3.63, 3.8) is 0 Å². The Balaban J connectivity index is -0.000000394. The summed E-state index contributed by atoms with van der Waals surface area (Å²) in [6.45, 7) is 29.4. The fourth-order valence-corrected chi connectivity index (χ4v) is 3.34. The molecule has 0 aliphatic rings. The fourth-order valence-electron chi connectivity index (χ4n) is 3.34. The van der Waals surface area contributed by atoms with Gasteiger partial charge in [-0.1, -0.05) is 55.0 Å². The summed E-state index contributed by atoms with van der Waals surface area (Å²) in [6.07, 6.45) is 1.91. The highest BCUT2D eigenvalue weighted by atomic mass is 16.6. The molecule has 0 saturated carbocycles. The van der Waals surface area contributed by atoms with Crippen LogP contribution in [-0.2, 0) is 76.3 Å². The van der Waals surface area contributed by atoms with E-state index in [0.717, 1.165) is 12.8 Å². The third kappa shape index (κ3) is 30.5. The lowest BCUT2D eigenvalue weighted by Crippen LogP contribution is -2.43. The molecule has 0 rings (SSSR count). The second-order valence-electron chi connectivity index (χ2n) is 16.1. The lowest BCUT2D eigenvalue weighted by Gasteiger charge is -2.31. The van der Waals surface area contributed by atoms with Crippen LogP contribution in [0.1, 0.15) is 149 Å². The number of aliphatic hydroxyl groups is 1. The second kappa shape index (κ2) is 34.0. The van der Waals surface area contributed by atoms with E-state index < -0.39 is 46.8 Å². The smallest absolute Gasteiger partial charge is 0.333 e. The van der Waals surface area contributed by atoms with Crippen molar-refractivity contribution in [2.24, 2.45) is 21.7 Å². The Hall–Kier alpha value is -4.54. The van der Waals surface area contributed by atoms with Gasteiger partial charge in [-0.2, -0.15) is 0 Å². The molecular formula is C45H80O17. The van der Waals surface area contributed by atoms with Crippen molar-refractivity contribution in [3.8, 4) is 0 Å². The number of ether oxygens (including phenoxy) is 8. The second-order valence-corrected chi connectivity index (χ2v) is 16.1. The summed E-state index contributed by atoms with van der Waals surface area (Å²) >= 11 is 0. The highest BCUT2D eigenvalue weighted by Gasteiger charge is 2.37. The number of carbonyl (C=O) groups is 8. The van der Waals surface area contributed by atoms with E-state index in [9.17, 15) is 43.5 Å². The van der Waals surface area contributed by atoms with Crippen molar-refractivity contribution in [3.05, 3.63) is 12.2 Å². The van der Waals surface area contributed by atoms with E-state index in [4.69, 9.17) is 33.2 Å². The molecule has 0 aliphatic heterocycles. The van der Waals surface area contributed by atoms with Crippen LogP contribution in [0.4, 0.5) is 0 Å². The Labute approximate surface area is 370 Å². The zero-order valence-electron chi connectivity index (χ0n) is 40.7. The largest absolute Gasteiger partial charge is 0.469 e. The number of hydrogen-bond donors (Lipinski definition) is 1.